The fraction of sp³-hybridized carbons (Fsp3) is 0.765. The first-order valence-corrected chi connectivity index (χ1v) is 9.44. The van der Waals surface area contributed by atoms with Crippen LogP contribution in [0, 0.1) is 0 Å². The average molecular weight is 399 g/mol. The fourth-order valence-corrected chi connectivity index (χ4v) is 3.65. The zero-order valence-electron chi connectivity index (χ0n) is 15.9. The van der Waals surface area contributed by atoms with Crippen molar-refractivity contribution in [2.45, 2.75) is 62.9 Å². The van der Waals surface area contributed by atoms with E-state index >= 15 is 0 Å². The lowest BCUT2D eigenvalue weighted by molar-refractivity contribution is -0.148. The van der Waals surface area contributed by atoms with Crippen LogP contribution >= 0.6 is 0 Å². The van der Waals surface area contributed by atoms with Gasteiger partial charge in [-0.05, 0) is 32.6 Å². The van der Waals surface area contributed by atoms with E-state index in [0.717, 1.165) is 0 Å². The first-order valence-electron chi connectivity index (χ1n) is 9.44. The topological polar surface area (TPSA) is 179 Å². The molecular weight excluding hydrogens is 370 g/mol. The Morgan fingerprint density at radius 2 is 1.68 bits per heavy atom. The quantitative estimate of drug-likeness (QED) is 0.296. The number of carbonyl (C=O) groups excluding carboxylic acids is 4. The molecule has 0 aliphatic carbocycles. The Bertz CT molecular complexity index is 627. The summed E-state index contributed by atoms with van der Waals surface area (Å²) in [6.07, 6.45) is 1.02. The highest BCUT2D eigenvalue weighted by atomic mass is 16.3. The number of aliphatic hydroxyl groups excluding tert-OH is 2. The third-order valence-electron chi connectivity index (χ3n) is 5.31. The van der Waals surface area contributed by atoms with Crippen LogP contribution in [-0.4, -0.2) is 93.6 Å². The SMILES string of the molecule is C[C@@H](O)[C@H](N)C(=O)N1CCCC1C(=O)N1CCCC1C(=O)NC(CO)C(N)=O. The minimum Gasteiger partial charge on any atom is -0.394 e. The van der Waals surface area contributed by atoms with E-state index in [1.807, 2.05) is 0 Å². The van der Waals surface area contributed by atoms with E-state index in [1.54, 1.807) is 0 Å². The molecular formula is C17H29N5O6. The van der Waals surface area contributed by atoms with Gasteiger partial charge in [0.15, 0.2) is 0 Å². The van der Waals surface area contributed by atoms with Crippen molar-refractivity contribution in [3.05, 3.63) is 0 Å². The van der Waals surface area contributed by atoms with E-state index in [9.17, 15) is 24.3 Å². The molecule has 0 radical (unpaired) electrons. The summed E-state index contributed by atoms with van der Waals surface area (Å²) < 4.78 is 0. The van der Waals surface area contributed by atoms with Gasteiger partial charge in [0.1, 0.15) is 24.2 Å². The molecule has 2 fully saturated rings. The molecule has 0 aromatic rings. The lowest BCUT2D eigenvalue weighted by Crippen LogP contribution is -2.58. The Hall–Kier alpha value is -2.24. The van der Waals surface area contributed by atoms with Gasteiger partial charge in [0, 0.05) is 13.1 Å². The molecule has 2 rings (SSSR count). The highest BCUT2D eigenvalue weighted by molar-refractivity contribution is 5.95. The fourth-order valence-electron chi connectivity index (χ4n) is 3.65. The zero-order chi connectivity index (χ0) is 21.0. The Balaban J connectivity index is 2.10. The molecule has 11 heteroatoms. The predicted molar refractivity (Wildman–Crippen MR) is 97.3 cm³/mol. The maximum absolute atomic E-state index is 13.1. The monoisotopic (exact) mass is 399 g/mol. The van der Waals surface area contributed by atoms with Crippen LogP contribution in [-0.2, 0) is 19.2 Å². The first-order chi connectivity index (χ1) is 13.2. The van der Waals surface area contributed by atoms with Gasteiger partial charge in [-0.3, -0.25) is 19.2 Å². The van der Waals surface area contributed by atoms with Crippen molar-refractivity contribution in [2.24, 2.45) is 11.5 Å². The number of primary amides is 1. The van der Waals surface area contributed by atoms with Crippen molar-refractivity contribution in [3.63, 3.8) is 0 Å². The van der Waals surface area contributed by atoms with Crippen LogP contribution in [0.3, 0.4) is 0 Å². The third-order valence-corrected chi connectivity index (χ3v) is 5.31. The van der Waals surface area contributed by atoms with E-state index in [2.05, 4.69) is 5.32 Å². The van der Waals surface area contributed by atoms with Crippen molar-refractivity contribution in [1.82, 2.24) is 15.1 Å². The number of amides is 4. The second-order valence-corrected chi connectivity index (χ2v) is 7.29. The summed E-state index contributed by atoms with van der Waals surface area (Å²) in [6.45, 7) is 1.48. The molecule has 0 aromatic heterocycles. The van der Waals surface area contributed by atoms with Crippen LogP contribution in [0.2, 0.25) is 0 Å². The molecule has 0 spiro atoms. The van der Waals surface area contributed by atoms with Gasteiger partial charge in [-0.25, -0.2) is 0 Å². The molecule has 0 aromatic carbocycles. The number of nitrogens with one attached hydrogen (secondary N) is 1. The minimum atomic E-state index is -1.22. The number of hydrogen-bond acceptors (Lipinski definition) is 7. The summed E-state index contributed by atoms with van der Waals surface area (Å²) in [5.74, 6) is -2.30. The van der Waals surface area contributed by atoms with Crippen molar-refractivity contribution in [3.8, 4) is 0 Å². The summed E-state index contributed by atoms with van der Waals surface area (Å²) in [5, 5.41) is 21.1. The van der Waals surface area contributed by atoms with Crippen LogP contribution in [0.4, 0.5) is 0 Å². The summed E-state index contributed by atoms with van der Waals surface area (Å²) >= 11 is 0. The number of aliphatic hydroxyl groups is 2. The molecule has 0 bridgehead atoms. The van der Waals surface area contributed by atoms with Crippen LogP contribution in [0.25, 0.3) is 0 Å². The van der Waals surface area contributed by atoms with Crippen molar-refractivity contribution in [1.29, 1.82) is 0 Å². The molecule has 11 nitrogen and oxygen atoms in total. The van der Waals surface area contributed by atoms with Crippen LogP contribution in [0.1, 0.15) is 32.6 Å². The van der Waals surface area contributed by atoms with Gasteiger partial charge >= 0.3 is 0 Å². The van der Waals surface area contributed by atoms with Gasteiger partial charge in [-0.1, -0.05) is 0 Å². The standard InChI is InChI=1S/C17H29N5O6/c1-9(24)13(18)17(28)22-7-3-5-12(22)16(27)21-6-2-4-11(21)15(26)20-10(8-23)14(19)25/h9-13,23-24H,2-8,18H2,1H3,(H2,19,25)(H,20,26)/t9-,10?,11?,12?,13+/m1/s1. The van der Waals surface area contributed by atoms with E-state index in [-0.39, 0.29) is 5.91 Å². The molecule has 5 atom stereocenters. The molecule has 2 saturated heterocycles. The van der Waals surface area contributed by atoms with Crippen LogP contribution in [0.5, 0.6) is 0 Å². The zero-order valence-corrected chi connectivity index (χ0v) is 15.9. The Kier molecular flexibility index (Phi) is 7.33. The maximum atomic E-state index is 13.1. The first kappa shape index (κ1) is 22.1. The van der Waals surface area contributed by atoms with Gasteiger partial charge in [-0.2, -0.15) is 0 Å². The predicted octanol–water partition coefficient (Wildman–Crippen LogP) is -3.36. The lowest BCUT2D eigenvalue weighted by atomic mass is 10.1. The minimum absolute atomic E-state index is 0.346. The summed E-state index contributed by atoms with van der Waals surface area (Å²) in [7, 11) is 0. The molecule has 158 valence electrons. The number of rotatable bonds is 7. The molecule has 2 aliphatic rings. The molecule has 0 saturated carbocycles. The number of nitrogens with two attached hydrogens (primary N) is 2. The van der Waals surface area contributed by atoms with Crippen LogP contribution < -0.4 is 16.8 Å². The smallest absolute Gasteiger partial charge is 0.246 e. The van der Waals surface area contributed by atoms with E-state index < -0.39 is 54.6 Å². The van der Waals surface area contributed by atoms with E-state index in [1.165, 1.54) is 16.7 Å². The highest BCUT2D eigenvalue weighted by Crippen LogP contribution is 2.25. The summed E-state index contributed by atoms with van der Waals surface area (Å²) in [6, 6.07) is -3.88. The normalized spacial score (nSPS) is 25.3. The molecule has 4 amide bonds. The lowest BCUT2D eigenvalue weighted by Gasteiger charge is -2.32. The maximum Gasteiger partial charge on any atom is 0.246 e. The van der Waals surface area contributed by atoms with Gasteiger partial charge < -0.3 is 36.8 Å². The highest BCUT2D eigenvalue weighted by Gasteiger charge is 2.43. The van der Waals surface area contributed by atoms with Gasteiger partial charge in [0.05, 0.1) is 12.7 Å². The van der Waals surface area contributed by atoms with Crippen molar-refractivity contribution < 1.29 is 29.4 Å². The molecule has 3 unspecified atom stereocenters. The van der Waals surface area contributed by atoms with Crippen molar-refractivity contribution >= 4 is 23.6 Å². The second-order valence-electron chi connectivity index (χ2n) is 7.29. The van der Waals surface area contributed by atoms with Crippen molar-refractivity contribution in [2.75, 3.05) is 19.7 Å². The Morgan fingerprint density at radius 3 is 2.21 bits per heavy atom. The number of hydrogen-bond donors (Lipinski definition) is 5. The number of likely N-dealkylation sites (tertiary alicyclic amines) is 2. The molecule has 28 heavy (non-hydrogen) atoms. The number of carbonyl (C=O) groups is 4. The molecule has 2 heterocycles. The van der Waals surface area contributed by atoms with E-state index in [4.69, 9.17) is 16.6 Å². The molecule has 2 aliphatic heterocycles. The van der Waals surface area contributed by atoms with Gasteiger partial charge in [0.2, 0.25) is 23.6 Å². The largest absolute Gasteiger partial charge is 0.394 e. The van der Waals surface area contributed by atoms with Gasteiger partial charge in [0.25, 0.3) is 0 Å². The third kappa shape index (κ3) is 4.59. The number of nitrogens with zero attached hydrogens (tertiary/aromatic N) is 2. The van der Waals surface area contributed by atoms with Crippen LogP contribution in [0.15, 0.2) is 0 Å². The summed E-state index contributed by atoms with van der Waals surface area (Å²) in [4.78, 5) is 52.1. The second kappa shape index (κ2) is 9.30. The average Bonchev–Trinajstić information content (AvgIpc) is 3.32. The molecule has 7 N–H and O–H groups in total. The Morgan fingerprint density at radius 1 is 1.11 bits per heavy atom. The Labute approximate surface area is 163 Å². The van der Waals surface area contributed by atoms with Gasteiger partial charge in [-0.15, -0.1) is 0 Å². The summed E-state index contributed by atoms with van der Waals surface area (Å²) in [5.41, 5.74) is 10.9. The van der Waals surface area contributed by atoms with E-state index in [0.29, 0.717) is 38.8 Å².